The molecule has 2 rings (SSSR count). The van der Waals surface area contributed by atoms with Crippen LogP contribution < -0.4 is 10.2 Å². The summed E-state index contributed by atoms with van der Waals surface area (Å²) in [7, 11) is 2.14. The maximum Gasteiger partial charge on any atom is 0.0375 e. The Labute approximate surface area is 99.8 Å². The molecule has 0 aliphatic heterocycles. The molecule has 0 radical (unpaired) electrons. The second-order valence-electron chi connectivity index (χ2n) is 4.13. The van der Waals surface area contributed by atoms with Gasteiger partial charge in [0.25, 0.3) is 0 Å². The van der Waals surface area contributed by atoms with Crippen molar-refractivity contribution in [3.05, 3.63) is 28.7 Å². The van der Waals surface area contributed by atoms with Crippen molar-refractivity contribution in [2.24, 2.45) is 0 Å². The molecule has 0 heterocycles. The van der Waals surface area contributed by atoms with Crippen LogP contribution in [0.2, 0.25) is 0 Å². The number of hydrogen-bond donors (Lipinski definition) is 1. The lowest BCUT2D eigenvalue weighted by molar-refractivity contribution is 0.675. The summed E-state index contributed by atoms with van der Waals surface area (Å²) in [6, 6.07) is 9.23. The van der Waals surface area contributed by atoms with Crippen LogP contribution in [-0.4, -0.2) is 26.2 Å². The van der Waals surface area contributed by atoms with E-state index in [9.17, 15) is 0 Å². The highest BCUT2D eigenvalue weighted by Crippen LogP contribution is 2.19. The fourth-order valence-corrected chi connectivity index (χ4v) is 1.95. The van der Waals surface area contributed by atoms with E-state index in [4.69, 9.17) is 0 Å². The summed E-state index contributed by atoms with van der Waals surface area (Å²) in [5, 5.41) is 3.52. The third kappa shape index (κ3) is 3.50. The Hall–Kier alpha value is -0.540. The van der Waals surface area contributed by atoms with Crippen LogP contribution in [0.3, 0.4) is 0 Å². The maximum atomic E-state index is 3.52. The number of benzene rings is 1. The molecule has 0 saturated heterocycles. The van der Waals surface area contributed by atoms with Crippen molar-refractivity contribution < 1.29 is 0 Å². The Morgan fingerprint density at radius 1 is 1.47 bits per heavy atom. The molecule has 82 valence electrons. The van der Waals surface area contributed by atoms with Gasteiger partial charge in [-0.3, -0.25) is 0 Å². The summed E-state index contributed by atoms with van der Waals surface area (Å²) in [4.78, 5) is 2.28. The first-order valence-electron chi connectivity index (χ1n) is 5.46. The highest BCUT2D eigenvalue weighted by atomic mass is 79.9. The Balaban J connectivity index is 1.80. The normalized spacial score (nSPS) is 15.3. The third-order valence-corrected chi connectivity index (χ3v) is 3.20. The highest BCUT2D eigenvalue weighted by molar-refractivity contribution is 9.10. The molecule has 1 aliphatic carbocycles. The summed E-state index contributed by atoms with van der Waals surface area (Å²) in [5.74, 6) is 0. The van der Waals surface area contributed by atoms with Gasteiger partial charge in [-0.25, -0.2) is 0 Å². The number of nitrogens with one attached hydrogen (secondary N) is 1. The lowest BCUT2D eigenvalue weighted by Gasteiger charge is -2.19. The summed E-state index contributed by atoms with van der Waals surface area (Å²) < 4.78 is 1.14. The van der Waals surface area contributed by atoms with Crippen LogP contribution in [0.1, 0.15) is 12.8 Å². The van der Waals surface area contributed by atoms with Crippen molar-refractivity contribution in [1.29, 1.82) is 0 Å². The largest absolute Gasteiger partial charge is 0.373 e. The second kappa shape index (κ2) is 4.99. The molecule has 0 bridgehead atoms. The van der Waals surface area contributed by atoms with Gasteiger partial charge in [-0.1, -0.05) is 22.0 Å². The van der Waals surface area contributed by atoms with Gasteiger partial charge in [-0.15, -0.1) is 0 Å². The van der Waals surface area contributed by atoms with Crippen molar-refractivity contribution in [3.63, 3.8) is 0 Å². The van der Waals surface area contributed by atoms with E-state index >= 15 is 0 Å². The van der Waals surface area contributed by atoms with E-state index in [1.54, 1.807) is 0 Å². The average molecular weight is 269 g/mol. The minimum atomic E-state index is 0.806. The number of halogens is 1. The highest BCUT2D eigenvalue weighted by Gasteiger charge is 2.19. The van der Waals surface area contributed by atoms with Gasteiger partial charge in [0, 0.05) is 36.3 Å². The quantitative estimate of drug-likeness (QED) is 0.884. The fourth-order valence-electron chi connectivity index (χ4n) is 1.57. The Kier molecular flexibility index (Phi) is 3.65. The first-order chi connectivity index (χ1) is 7.25. The van der Waals surface area contributed by atoms with Crippen LogP contribution >= 0.6 is 15.9 Å². The number of likely N-dealkylation sites (N-methyl/N-ethyl adjacent to an activating group) is 1. The Morgan fingerprint density at radius 3 is 2.93 bits per heavy atom. The third-order valence-electron chi connectivity index (χ3n) is 2.71. The minimum absolute atomic E-state index is 0.806. The van der Waals surface area contributed by atoms with Crippen molar-refractivity contribution in [2.75, 3.05) is 25.0 Å². The zero-order chi connectivity index (χ0) is 10.7. The van der Waals surface area contributed by atoms with Crippen LogP contribution in [0.5, 0.6) is 0 Å². The number of hydrogen-bond acceptors (Lipinski definition) is 2. The first-order valence-corrected chi connectivity index (χ1v) is 6.25. The summed E-state index contributed by atoms with van der Waals surface area (Å²) in [5.41, 5.74) is 1.27. The predicted molar refractivity (Wildman–Crippen MR) is 68.4 cm³/mol. The van der Waals surface area contributed by atoms with E-state index in [1.165, 1.54) is 18.5 Å². The standard InChI is InChI=1S/C12H17BrN2/c1-15(8-7-14-11-5-6-11)12-4-2-3-10(13)9-12/h2-4,9,11,14H,5-8H2,1H3. The fraction of sp³-hybridized carbons (Fsp3) is 0.500. The topological polar surface area (TPSA) is 15.3 Å². The number of rotatable bonds is 5. The second-order valence-corrected chi connectivity index (χ2v) is 5.05. The number of nitrogens with zero attached hydrogens (tertiary/aromatic N) is 1. The van der Waals surface area contributed by atoms with Gasteiger partial charge in [0.2, 0.25) is 0 Å². The SMILES string of the molecule is CN(CCNC1CC1)c1cccc(Br)c1. The molecule has 0 spiro atoms. The maximum absolute atomic E-state index is 3.52. The van der Waals surface area contributed by atoms with Crippen LogP contribution in [0.25, 0.3) is 0 Å². The Morgan fingerprint density at radius 2 is 2.27 bits per heavy atom. The summed E-state index contributed by atoms with van der Waals surface area (Å²) in [6.07, 6.45) is 2.72. The van der Waals surface area contributed by atoms with E-state index in [0.29, 0.717) is 0 Å². The van der Waals surface area contributed by atoms with E-state index in [1.807, 2.05) is 0 Å². The molecular formula is C12H17BrN2. The van der Waals surface area contributed by atoms with E-state index in [2.05, 4.69) is 57.5 Å². The molecule has 0 amide bonds. The van der Waals surface area contributed by atoms with Crippen LogP contribution in [0.15, 0.2) is 28.7 Å². The van der Waals surface area contributed by atoms with Crippen molar-refractivity contribution >= 4 is 21.6 Å². The van der Waals surface area contributed by atoms with Gasteiger partial charge in [-0.2, -0.15) is 0 Å². The molecule has 0 aromatic heterocycles. The zero-order valence-electron chi connectivity index (χ0n) is 9.04. The molecule has 1 fully saturated rings. The summed E-state index contributed by atoms with van der Waals surface area (Å²) >= 11 is 3.49. The van der Waals surface area contributed by atoms with Crippen molar-refractivity contribution in [3.8, 4) is 0 Å². The molecule has 1 aliphatic rings. The van der Waals surface area contributed by atoms with Crippen molar-refractivity contribution in [1.82, 2.24) is 5.32 Å². The van der Waals surface area contributed by atoms with Crippen LogP contribution in [0.4, 0.5) is 5.69 Å². The van der Waals surface area contributed by atoms with E-state index < -0.39 is 0 Å². The molecule has 0 atom stereocenters. The number of anilines is 1. The van der Waals surface area contributed by atoms with Crippen LogP contribution in [0, 0.1) is 0 Å². The van der Waals surface area contributed by atoms with Gasteiger partial charge in [0.05, 0.1) is 0 Å². The van der Waals surface area contributed by atoms with Crippen LogP contribution in [-0.2, 0) is 0 Å². The molecule has 1 N–H and O–H groups in total. The molecular weight excluding hydrogens is 252 g/mol. The smallest absolute Gasteiger partial charge is 0.0375 e. The van der Waals surface area contributed by atoms with Gasteiger partial charge >= 0.3 is 0 Å². The van der Waals surface area contributed by atoms with Gasteiger partial charge in [0.1, 0.15) is 0 Å². The molecule has 1 aromatic carbocycles. The van der Waals surface area contributed by atoms with E-state index in [-0.39, 0.29) is 0 Å². The van der Waals surface area contributed by atoms with E-state index in [0.717, 1.165) is 23.6 Å². The van der Waals surface area contributed by atoms with Crippen molar-refractivity contribution in [2.45, 2.75) is 18.9 Å². The van der Waals surface area contributed by atoms with Gasteiger partial charge in [-0.05, 0) is 31.0 Å². The predicted octanol–water partition coefficient (Wildman–Crippen LogP) is 2.64. The van der Waals surface area contributed by atoms with Gasteiger partial charge in [0.15, 0.2) is 0 Å². The molecule has 1 saturated carbocycles. The lowest BCUT2D eigenvalue weighted by Crippen LogP contribution is -2.30. The molecule has 1 aromatic rings. The Bertz CT molecular complexity index is 323. The zero-order valence-corrected chi connectivity index (χ0v) is 10.6. The average Bonchev–Trinajstić information content (AvgIpc) is 3.01. The molecule has 3 heteroatoms. The molecule has 2 nitrogen and oxygen atoms in total. The molecule has 15 heavy (non-hydrogen) atoms. The lowest BCUT2D eigenvalue weighted by atomic mass is 10.3. The minimum Gasteiger partial charge on any atom is -0.373 e. The summed E-state index contributed by atoms with van der Waals surface area (Å²) in [6.45, 7) is 2.14. The first kappa shape index (κ1) is 11.0. The monoisotopic (exact) mass is 268 g/mol. The molecule has 0 unspecified atom stereocenters. The van der Waals surface area contributed by atoms with Gasteiger partial charge < -0.3 is 10.2 Å².